The third kappa shape index (κ3) is 4.78. The van der Waals surface area contributed by atoms with Gasteiger partial charge in [0.1, 0.15) is 0 Å². The molecular formula is C25H34N2O4. The highest BCUT2D eigenvalue weighted by molar-refractivity contribution is 5.87. The lowest BCUT2D eigenvalue weighted by Gasteiger charge is -2.39. The standard InChI is InChI=1S/C25H34N2O4/c1-31-25(30)22-17-20(23(28)26-13-5-6-14-26)9-10-21(22)24(29)27-15-11-19(12-16-27)18-7-3-2-4-8-18/h2-4,7-8,19-22H,5-6,9-17H2,1H3/t20?,21-,22-/m0/s1. The van der Waals surface area contributed by atoms with E-state index >= 15 is 0 Å². The molecule has 0 radical (unpaired) electrons. The molecule has 3 aliphatic rings. The second-order valence-corrected chi connectivity index (χ2v) is 9.29. The fraction of sp³-hybridized carbons (Fsp3) is 0.640. The van der Waals surface area contributed by atoms with Crippen LogP contribution < -0.4 is 0 Å². The Morgan fingerprint density at radius 1 is 0.806 bits per heavy atom. The Morgan fingerprint density at radius 2 is 1.45 bits per heavy atom. The maximum atomic E-state index is 13.4. The summed E-state index contributed by atoms with van der Waals surface area (Å²) >= 11 is 0. The molecule has 4 rings (SSSR count). The third-order valence-electron chi connectivity index (χ3n) is 7.52. The molecule has 2 heterocycles. The van der Waals surface area contributed by atoms with E-state index in [-0.39, 0.29) is 29.6 Å². The minimum absolute atomic E-state index is 0.0639. The van der Waals surface area contributed by atoms with E-state index in [1.165, 1.54) is 12.7 Å². The van der Waals surface area contributed by atoms with Crippen LogP contribution in [-0.2, 0) is 19.1 Å². The van der Waals surface area contributed by atoms with Crippen LogP contribution in [0.1, 0.15) is 56.4 Å². The second-order valence-electron chi connectivity index (χ2n) is 9.29. The number of ether oxygens (including phenoxy) is 1. The second kappa shape index (κ2) is 9.84. The number of carbonyl (C=O) groups is 3. The van der Waals surface area contributed by atoms with E-state index in [1.54, 1.807) is 0 Å². The number of amides is 2. The van der Waals surface area contributed by atoms with E-state index in [4.69, 9.17) is 4.74 Å². The highest BCUT2D eigenvalue weighted by atomic mass is 16.5. The maximum Gasteiger partial charge on any atom is 0.309 e. The predicted octanol–water partition coefficient (Wildman–Crippen LogP) is 3.22. The van der Waals surface area contributed by atoms with Crippen molar-refractivity contribution in [2.45, 2.75) is 50.9 Å². The molecule has 0 N–H and O–H groups in total. The largest absolute Gasteiger partial charge is 0.469 e. The number of benzene rings is 1. The van der Waals surface area contributed by atoms with Crippen molar-refractivity contribution in [1.82, 2.24) is 9.80 Å². The normalized spacial score (nSPS) is 27.2. The topological polar surface area (TPSA) is 66.9 Å². The molecule has 1 aromatic carbocycles. The van der Waals surface area contributed by atoms with Crippen LogP contribution in [0.3, 0.4) is 0 Å². The van der Waals surface area contributed by atoms with Gasteiger partial charge in [-0.1, -0.05) is 30.3 Å². The van der Waals surface area contributed by atoms with Gasteiger partial charge in [-0.25, -0.2) is 0 Å². The van der Waals surface area contributed by atoms with Gasteiger partial charge in [-0.3, -0.25) is 14.4 Å². The lowest BCUT2D eigenvalue weighted by molar-refractivity contribution is -0.158. The van der Waals surface area contributed by atoms with Crippen LogP contribution >= 0.6 is 0 Å². The van der Waals surface area contributed by atoms with Gasteiger partial charge in [0.05, 0.1) is 18.9 Å². The first kappa shape index (κ1) is 21.8. The fourth-order valence-electron chi connectivity index (χ4n) is 5.69. The van der Waals surface area contributed by atoms with E-state index in [2.05, 4.69) is 24.3 Å². The first-order chi connectivity index (χ1) is 15.1. The van der Waals surface area contributed by atoms with Crippen molar-refractivity contribution in [3.05, 3.63) is 35.9 Å². The van der Waals surface area contributed by atoms with Crippen LogP contribution in [0.25, 0.3) is 0 Å². The number of hydrogen-bond donors (Lipinski definition) is 0. The SMILES string of the molecule is COC(=O)[C@H]1CC(C(=O)N2CCCC2)CC[C@@H]1C(=O)N1CCC(c2ccccc2)CC1. The summed E-state index contributed by atoms with van der Waals surface area (Å²) in [5.74, 6) is -0.713. The van der Waals surface area contributed by atoms with Crippen molar-refractivity contribution in [1.29, 1.82) is 0 Å². The summed E-state index contributed by atoms with van der Waals surface area (Å²) in [4.78, 5) is 42.7. The Morgan fingerprint density at radius 3 is 2.10 bits per heavy atom. The number of methoxy groups -OCH3 is 1. The van der Waals surface area contributed by atoms with Gasteiger partial charge in [0.15, 0.2) is 0 Å². The number of piperidine rings is 1. The van der Waals surface area contributed by atoms with Gasteiger partial charge in [-0.2, -0.15) is 0 Å². The fourth-order valence-corrected chi connectivity index (χ4v) is 5.69. The molecule has 3 fully saturated rings. The summed E-state index contributed by atoms with van der Waals surface area (Å²) < 4.78 is 5.05. The van der Waals surface area contributed by atoms with Gasteiger partial charge in [-0.15, -0.1) is 0 Å². The molecule has 168 valence electrons. The first-order valence-electron chi connectivity index (χ1n) is 11.8. The molecule has 6 nitrogen and oxygen atoms in total. The Balaban J connectivity index is 1.39. The van der Waals surface area contributed by atoms with Crippen molar-refractivity contribution >= 4 is 17.8 Å². The van der Waals surface area contributed by atoms with Crippen molar-refractivity contribution in [3.8, 4) is 0 Å². The molecule has 1 unspecified atom stereocenters. The molecule has 6 heteroatoms. The molecular weight excluding hydrogens is 392 g/mol. The average Bonchev–Trinajstić information content (AvgIpc) is 3.38. The summed E-state index contributed by atoms with van der Waals surface area (Å²) in [5.41, 5.74) is 1.34. The molecule has 3 atom stereocenters. The molecule has 2 aliphatic heterocycles. The van der Waals surface area contributed by atoms with E-state index in [0.29, 0.717) is 25.2 Å². The number of esters is 1. The zero-order valence-electron chi connectivity index (χ0n) is 18.5. The van der Waals surface area contributed by atoms with Crippen LogP contribution in [-0.4, -0.2) is 60.9 Å². The van der Waals surface area contributed by atoms with Crippen molar-refractivity contribution in [2.75, 3.05) is 33.3 Å². The maximum absolute atomic E-state index is 13.4. The van der Waals surface area contributed by atoms with E-state index in [9.17, 15) is 14.4 Å². The smallest absolute Gasteiger partial charge is 0.309 e. The van der Waals surface area contributed by atoms with Gasteiger partial charge >= 0.3 is 5.97 Å². The highest BCUT2D eigenvalue weighted by Gasteiger charge is 2.44. The highest BCUT2D eigenvalue weighted by Crippen LogP contribution is 2.38. The molecule has 0 aromatic heterocycles. The minimum Gasteiger partial charge on any atom is -0.469 e. The van der Waals surface area contributed by atoms with Gasteiger partial charge in [0, 0.05) is 32.1 Å². The summed E-state index contributed by atoms with van der Waals surface area (Å²) in [5, 5.41) is 0. The van der Waals surface area contributed by atoms with Crippen molar-refractivity contribution in [2.24, 2.45) is 17.8 Å². The van der Waals surface area contributed by atoms with Crippen LogP contribution in [0, 0.1) is 17.8 Å². The number of likely N-dealkylation sites (tertiary alicyclic amines) is 2. The Kier molecular flexibility index (Phi) is 6.93. The third-order valence-corrected chi connectivity index (χ3v) is 7.52. The monoisotopic (exact) mass is 426 g/mol. The van der Waals surface area contributed by atoms with Crippen LogP contribution in [0.15, 0.2) is 30.3 Å². The Bertz CT molecular complexity index is 782. The Hall–Kier alpha value is -2.37. The van der Waals surface area contributed by atoms with Gasteiger partial charge in [0.2, 0.25) is 11.8 Å². The predicted molar refractivity (Wildman–Crippen MR) is 117 cm³/mol. The average molecular weight is 427 g/mol. The lowest BCUT2D eigenvalue weighted by atomic mass is 9.72. The molecule has 1 saturated carbocycles. The lowest BCUT2D eigenvalue weighted by Crippen LogP contribution is -2.48. The summed E-state index contributed by atoms with van der Waals surface area (Å²) in [6, 6.07) is 10.5. The van der Waals surface area contributed by atoms with Crippen LogP contribution in [0.5, 0.6) is 0 Å². The molecule has 2 saturated heterocycles. The van der Waals surface area contributed by atoms with Crippen molar-refractivity contribution in [3.63, 3.8) is 0 Å². The van der Waals surface area contributed by atoms with Gasteiger partial charge < -0.3 is 14.5 Å². The number of carbonyl (C=O) groups excluding carboxylic acids is 3. The van der Waals surface area contributed by atoms with Gasteiger partial charge in [0.25, 0.3) is 0 Å². The Labute approximate surface area is 184 Å². The molecule has 0 bridgehead atoms. The molecule has 31 heavy (non-hydrogen) atoms. The summed E-state index contributed by atoms with van der Waals surface area (Å²) in [6.07, 6.45) is 5.70. The number of hydrogen-bond acceptors (Lipinski definition) is 4. The van der Waals surface area contributed by atoms with Crippen LogP contribution in [0.2, 0.25) is 0 Å². The van der Waals surface area contributed by atoms with Gasteiger partial charge in [-0.05, 0) is 56.4 Å². The number of rotatable bonds is 4. The first-order valence-corrected chi connectivity index (χ1v) is 11.8. The molecule has 0 spiro atoms. The zero-order valence-corrected chi connectivity index (χ0v) is 18.5. The van der Waals surface area contributed by atoms with E-state index in [1.807, 2.05) is 15.9 Å². The molecule has 1 aliphatic carbocycles. The minimum atomic E-state index is -0.519. The van der Waals surface area contributed by atoms with E-state index < -0.39 is 5.92 Å². The quantitative estimate of drug-likeness (QED) is 0.694. The van der Waals surface area contributed by atoms with Crippen molar-refractivity contribution < 1.29 is 19.1 Å². The zero-order chi connectivity index (χ0) is 21.8. The molecule has 1 aromatic rings. The van der Waals surface area contributed by atoms with Crippen LogP contribution in [0.4, 0.5) is 0 Å². The summed E-state index contributed by atoms with van der Waals surface area (Å²) in [7, 11) is 1.38. The van der Waals surface area contributed by atoms with E-state index in [0.717, 1.165) is 51.9 Å². The number of nitrogens with zero attached hydrogens (tertiary/aromatic N) is 2. The summed E-state index contributed by atoms with van der Waals surface area (Å²) in [6.45, 7) is 3.08. The molecule has 2 amide bonds.